The fourth-order valence-corrected chi connectivity index (χ4v) is 3.64. The van der Waals surface area contributed by atoms with Crippen LogP contribution in [0.5, 0.6) is 0 Å². The summed E-state index contributed by atoms with van der Waals surface area (Å²) >= 11 is 0. The van der Waals surface area contributed by atoms with Crippen LogP contribution in [-0.4, -0.2) is 53.8 Å². The van der Waals surface area contributed by atoms with Gasteiger partial charge in [0.05, 0.1) is 12.0 Å². The Balaban J connectivity index is 1.29. The van der Waals surface area contributed by atoms with E-state index in [0.29, 0.717) is 35.9 Å². The molecule has 0 spiro atoms. The summed E-state index contributed by atoms with van der Waals surface area (Å²) < 4.78 is 11.9. The molecule has 1 unspecified atom stereocenters. The number of hydrogen-bond acceptors (Lipinski definition) is 10. The van der Waals surface area contributed by atoms with Gasteiger partial charge >= 0.3 is 0 Å². The first-order valence-electron chi connectivity index (χ1n) is 9.50. The van der Waals surface area contributed by atoms with E-state index in [9.17, 15) is 0 Å². The van der Waals surface area contributed by atoms with E-state index in [0.717, 1.165) is 37.4 Å². The van der Waals surface area contributed by atoms with E-state index < -0.39 is 0 Å². The molecule has 11 nitrogen and oxygen atoms in total. The Morgan fingerprint density at radius 1 is 1.31 bits per heavy atom. The number of likely N-dealkylation sites (tertiary alicyclic amines) is 1. The molecule has 29 heavy (non-hydrogen) atoms. The van der Waals surface area contributed by atoms with Crippen LogP contribution in [0.3, 0.4) is 0 Å². The quantitative estimate of drug-likeness (QED) is 0.496. The van der Waals surface area contributed by atoms with Crippen molar-refractivity contribution in [2.75, 3.05) is 24.1 Å². The third kappa shape index (κ3) is 3.51. The number of aromatic nitrogens is 6. The molecule has 3 N–H and O–H groups in total. The highest BCUT2D eigenvalue weighted by molar-refractivity contribution is 5.52. The molecule has 0 radical (unpaired) electrons. The first-order chi connectivity index (χ1) is 14.2. The summed E-state index contributed by atoms with van der Waals surface area (Å²) in [6.07, 6.45) is 3.80. The van der Waals surface area contributed by atoms with Crippen LogP contribution in [0.4, 0.5) is 11.9 Å². The average Bonchev–Trinajstić information content (AvgIpc) is 3.48. The maximum Gasteiger partial charge on any atom is 0.259 e. The second kappa shape index (κ2) is 7.17. The Hall–Kier alpha value is -3.47. The molecule has 5 rings (SSSR count). The first kappa shape index (κ1) is 17.6. The van der Waals surface area contributed by atoms with Gasteiger partial charge in [0.1, 0.15) is 5.76 Å². The monoisotopic (exact) mass is 395 g/mol. The number of fused-ring (bicyclic) bond motifs is 1. The molecule has 0 saturated carbocycles. The highest BCUT2D eigenvalue weighted by Crippen LogP contribution is 2.21. The molecule has 4 aromatic rings. The van der Waals surface area contributed by atoms with Crippen LogP contribution in [0.2, 0.25) is 0 Å². The number of rotatable bonds is 6. The molecule has 5 heterocycles. The van der Waals surface area contributed by atoms with Crippen molar-refractivity contribution in [3.63, 3.8) is 0 Å². The highest BCUT2D eigenvalue weighted by atomic mass is 16.5. The van der Waals surface area contributed by atoms with E-state index in [4.69, 9.17) is 14.7 Å². The summed E-state index contributed by atoms with van der Waals surface area (Å²) in [6.45, 7) is 4.39. The van der Waals surface area contributed by atoms with Gasteiger partial charge in [-0.25, -0.2) is 0 Å². The molecule has 4 aromatic heterocycles. The van der Waals surface area contributed by atoms with E-state index in [2.05, 4.69) is 35.4 Å². The molecule has 150 valence electrons. The number of nitrogens with zero attached hydrogens (tertiary/aromatic N) is 7. The zero-order chi connectivity index (χ0) is 19.8. The molecular weight excluding hydrogens is 374 g/mol. The predicted molar refractivity (Wildman–Crippen MR) is 104 cm³/mol. The van der Waals surface area contributed by atoms with Crippen LogP contribution >= 0.6 is 0 Å². The van der Waals surface area contributed by atoms with Gasteiger partial charge in [-0.05, 0) is 38.4 Å². The Morgan fingerprint density at radius 2 is 2.24 bits per heavy atom. The Bertz CT molecular complexity index is 1120. The zero-order valence-corrected chi connectivity index (χ0v) is 15.9. The molecule has 0 bridgehead atoms. The molecule has 0 aromatic carbocycles. The maximum absolute atomic E-state index is 6.05. The number of anilines is 2. The summed E-state index contributed by atoms with van der Waals surface area (Å²) in [5.74, 6) is 2.80. The lowest BCUT2D eigenvalue weighted by atomic mass is 10.2. The molecule has 11 heteroatoms. The van der Waals surface area contributed by atoms with Gasteiger partial charge in [0.25, 0.3) is 5.78 Å². The van der Waals surface area contributed by atoms with Gasteiger partial charge in [0, 0.05) is 25.2 Å². The van der Waals surface area contributed by atoms with Crippen molar-refractivity contribution in [1.82, 2.24) is 34.6 Å². The maximum atomic E-state index is 6.05. The van der Waals surface area contributed by atoms with E-state index in [-0.39, 0.29) is 5.95 Å². The summed E-state index contributed by atoms with van der Waals surface area (Å²) in [4.78, 5) is 15.5. The van der Waals surface area contributed by atoms with Crippen molar-refractivity contribution in [2.24, 2.45) is 0 Å². The van der Waals surface area contributed by atoms with Gasteiger partial charge in [-0.3, -0.25) is 4.90 Å². The minimum absolute atomic E-state index is 0.212. The number of hydrogen-bond donors (Lipinski definition) is 2. The standard InChI is InChI=1S/C18H21N9O2/c1-11-8-12(25-29-11)10-26-6-2-4-13(26)9-20-17-22-16(19)27-18(23-17)21-15(24-27)14-5-3-7-28-14/h3,5,7-8,13H,2,4,6,9-10H2,1H3,(H3,19,20,21,22,23,24). The average molecular weight is 395 g/mol. The molecule has 1 aliphatic rings. The normalized spacial score (nSPS) is 17.3. The zero-order valence-electron chi connectivity index (χ0n) is 15.9. The Labute approximate surface area is 165 Å². The smallest absolute Gasteiger partial charge is 0.259 e. The van der Waals surface area contributed by atoms with Crippen LogP contribution < -0.4 is 11.1 Å². The van der Waals surface area contributed by atoms with Crippen LogP contribution in [-0.2, 0) is 6.54 Å². The summed E-state index contributed by atoms with van der Waals surface area (Å²) in [6, 6.07) is 5.88. The number of nitrogens with one attached hydrogen (secondary N) is 1. The SMILES string of the molecule is Cc1cc(CN2CCCC2CNc2nc(N)n3nc(-c4ccco4)nc3n2)no1. The molecule has 1 fully saturated rings. The van der Waals surface area contributed by atoms with Gasteiger partial charge in [-0.1, -0.05) is 5.16 Å². The number of nitrogens with two attached hydrogens (primary N) is 1. The molecule has 1 atom stereocenters. The lowest BCUT2D eigenvalue weighted by Gasteiger charge is -2.23. The van der Waals surface area contributed by atoms with E-state index in [1.54, 1.807) is 18.4 Å². The number of aryl methyl sites for hydroxylation is 1. The third-order valence-electron chi connectivity index (χ3n) is 5.01. The van der Waals surface area contributed by atoms with Crippen molar-refractivity contribution < 1.29 is 8.94 Å². The lowest BCUT2D eigenvalue weighted by molar-refractivity contribution is 0.245. The van der Waals surface area contributed by atoms with E-state index in [1.807, 2.05) is 13.0 Å². The highest BCUT2D eigenvalue weighted by Gasteiger charge is 2.25. The molecule has 0 amide bonds. The lowest BCUT2D eigenvalue weighted by Crippen LogP contribution is -2.35. The summed E-state index contributed by atoms with van der Waals surface area (Å²) in [5, 5.41) is 11.7. The fraction of sp³-hybridized carbons (Fsp3) is 0.389. The predicted octanol–water partition coefficient (Wildman–Crippen LogP) is 1.73. The van der Waals surface area contributed by atoms with Crippen LogP contribution in [0, 0.1) is 6.92 Å². The van der Waals surface area contributed by atoms with E-state index in [1.165, 1.54) is 4.52 Å². The van der Waals surface area contributed by atoms with Crippen molar-refractivity contribution in [3.05, 3.63) is 35.9 Å². The fourth-order valence-electron chi connectivity index (χ4n) is 3.64. The number of nitrogen functional groups attached to an aromatic ring is 1. The minimum Gasteiger partial charge on any atom is -0.461 e. The summed E-state index contributed by atoms with van der Waals surface area (Å²) in [5.41, 5.74) is 7.00. The third-order valence-corrected chi connectivity index (χ3v) is 5.01. The topological polar surface area (TPSA) is 136 Å². The Kier molecular flexibility index (Phi) is 4.35. The Morgan fingerprint density at radius 3 is 3.03 bits per heavy atom. The van der Waals surface area contributed by atoms with Crippen molar-refractivity contribution >= 4 is 17.7 Å². The van der Waals surface area contributed by atoms with Crippen molar-refractivity contribution in [1.29, 1.82) is 0 Å². The van der Waals surface area contributed by atoms with Crippen molar-refractivity contribution in [2.45, 2.75) is 32.4 Å². The second-order valence-corrected chi connectivity index (χ2v) is 7.11. The largest absolute Gasteiger partial charge is 0.461 e. The van der Waals surface area contributed by atoms with Crippen LogP contribution in [0.25, 0.3) is 17.4 Å². The van der Waals surface area contributed by atoms with Crippen LogP contribution in [0.1, 0.15) is 24.3 Å². The molecule has 0 aliphatic carbocycles. The van der Waals surface area contributed by atoms with Gasteiger partial charge < -0.3 is 20.0 Å². The van der Waals surface area contributed by atoms with Gasteiger partial charge in [-0.15, -0.1) is 5.10 Å². The molecule has 1 aliphatic heterocycles. The van der Waals surface area contributed by atoms with Crippen LogP contribution in [0.15, 0.2) is 33.4 Å². The van der Waals surface area contributed by atoms with Crippen molar-refractivity contribution in [3.8, 4) is 11.6 Å². The first-order valence-corrected chi connectivity index (χ1v) is 9.50. The number of furan rings is 1. The molecule has 1 saturated heterocycles. The molecular formula is C18H21N9O2. The van der Waals surface area contributed by atoms with Gasteiger partial charge in [-0.2, -0.15) is 19.5 Å². The minimum atomic E-state index is 0.212. The summed E-state index contributed by atoms with van der Waals surface area (Å²) in [7, 11) is 0. The van der Waals surface area contributed by atoms with Gasteiger partial charge in [0.15, 0.2) is 5.76 Å². The second-order valence-electron chi connectivity index (χ2n) is 7.11. The van der Waals surface area contributed by atoms with E-state index >= 15 is 0 Å². The van der Waals surface area contributed by atoms with Gasteiger partial charge in [0.2, 0.25) is 17.7 Å².